The first-order valence-electron chi connectivity index (χ1n) is 6.52. The number of aryl methyl sites for hydroxylation is 1. The van der Waals surface area contributed by atoms with Gasteiger partial charge in [-0.15, -0.1) is 0 Å². The Labute approximate surface area is 128 Å². The summed E-state index contributed by atoms with van der Waals surface area (Å²) in [7, 11) is -9.92. The van der Waals surface area contributed by atoms with Crippen molar-refractivity contribution >= 4 is 15.6 Å². The summed E-state index contributed by atoms with van der Waals surface area (Å²) in [5, 5.41) is 9.31. The Kier molecular flexibility index (Phi) is 7.38. The van der Waals surface area contributed by atoms with Crippen LogP contribution in [0.15, 0.2) is 24.3 Å². The van der Waals surface area contributed by atoms with Crippen molar-refractivity contribution < 1.29 is 37.8 Å². The molecule has 4 N–H and O–H groups in total. The van der Waals surface area contributed by atoms with E-state index in [0.717, 1.165) is 11.1 Å². The molecule has 0 aliphatic heterocycles. The van der Waals surface area contributed by atoms with Crippen molar-refractivity contribution in [1.29, 1.82) is 0 Å². The van der Waals surface area contributed by atoms with Gasteiger partial charge >= 0.3 is 15.6 Å². The Balaban J connectivity index is 2.45. The maximum Gasteiger partial charge on any atom is 0.481 e. The van der Waals surface area contributed by atoms with Crippen LogP contribution < -0.4 is 0 Å². The zero-order valence-electron chi connectivity index (χ0n) is 12.0. The molecule has 0 fully saturated rings. The fourth-order valence-electron chi connectivity index (χ4n) is 1.81. The second-order valence-corrected chi connectivity index (χ2v) is 7.73. The molecule has 10 heteroatoms. The molecule has 1 aromatic carbocycles. The highest BCUT2D eigenvalue weighted by atomic mass is 31.3. The van der Waals surface area contributed by atoms with E-state index in [0.29, 0.717) is 6.42 Å². The Morgan fingerprint density at radius 3 is 2.23 bits per heavy atom. The first kappa shape index (κ1) is 19.5. The average molecular weight is 354 g/mol. The number of phosphoric ester groups is 1. The van der Waals surface area contributed by atoms with Crippen LogP contribution in [0.5, 0.6) is 0 Å². The van der Waals surface area contributed by atoms with E-state index >= 15 is 0 Å². The topological polar surface area (TPSA) is 134 Å². The van der Waals surface area contributed by atoms with Gasteiger partial charge in [0, 0.05) is 6.61 Å². The Bertz CT molecular complexity index is 553. The van der Waals surface area contributed by atoms with Crippen LogP contribution in [0.2, 0.25) is 0 Å². The summed E-state index contributed by atoms with van der Waals surface area (Å²) in [6.45, 7) is 1.54. The number of aliphatic hydroxyl groups excluding tert-OH is 1. The summed E-state index contributed by atoms with van der Waals surface area (Å²) >= 11 is 0. The molecule has 126 valence electrons. The van der Waals surface area contributed by atoms with E-state index in [-0.39, 0.29) is 25.6 Å². The van der Waals surface area contributed by atoms with E-state index in [4.69, 9.17) is 14.7 Å². The van der Waals surface area contributed by atoms with E-state index < -0.39 is 15.6 Å². The van der Waals surface area contributed by atoms with Crippen molar-refractivity contribution in [3.8, 4) is 0 Å². The van der Waals surface area contributed by atoms with Crippen molar-refractivity contribution in [1.82, 2.24) is 0 Å². The van der Waals surface area contributed by atoms with Gasteiger partial charge in [-0.3, -0.25) is 4.52 Å². The van der Waals surface area contributed by atoms with Gasteiger partial charge < -0.3 is 19.8 Å². The third-order valence-corrected chi connectivity index (χ3v) is 5.08. The molecule has 0 bridgehead atoms. The van der Waals surface area contributed by atoms with Crippen molar-refractivity contribution in [3.05, 3.63) is 35.4 Å². The summed E-state index contributed by atoms with van der Waals surface area (Å²) in [6, 6.07) is 7.73. The molecule has 1 aromatic rings. The zero-order valence-corrected chi connectivity index (χ0v) is 13.8. The molecular formula is C12H20O8P2. The Morgan fingerprint density at radius 2 is 1.73 bits per heavy atom. The maximum atomic E-state index is 11.3. The van der Waals surface area contributed by atoms with Gasteiger partial charge in [0.2, 0.25) is 0 Å². The fraction of sp³-hybridized carbons (Fsp3) is 0.500. The number of benzene rings is 1. The van der Waals surface area contributed by atoms with Gasteiger partial charge in [0.25, 0.3) is 0 Å². The highest BCUT2D eigenvalue weighted by Crippen LogP contribution is 2.57. The number of hydrogen-bond acceptors (Lipinski definition) is 5. The molecule has 2 atom stereocenters. The number of phosphoric acid groups is 2. The second kappa shape index (κ2) is 8.34. The zero-order chi connectivity index (χ0) is 16.8. The molecule has 1 unspecified atom stereocenters. The normalized spacial score (nSPS) is 16.2. The molecule has 0 aliphatic rings. The van der Waals surface area contributed by atoms with E-state index in [1.165, 1.54) is 0 Å². The monoisotopic (exact) mass is 354 g/mol. The van der Waals surface area contributed by atoms with Crippen LogP contribution in [0.25, 0.3) is 0 Å². The second-order valence-electron chi connectivity index (χ2n) is 4.90. The minimum atomic E-state index is -5.11. The van der Waals surface area contributed by atoms with Crippen LogP contribution in [0.3, 0.4) is 0 Å². The lowest BCUT2D eigenvalue weighted by molar-refractivity contribution is 0.152. The van der Waals surface area contributed by atoms with Crippen LogP contribution in [0.1, 0.15) is 17.5 Å². The van der Waals surface area contributed by atoms with Crippen molar-refractivity contribution in [2.45, 2.75) is 19.8 Å². The maximum absolute atomic E-state index is 11.3. The molecule has 0 heterocycles. The molecule has 0 saturated heterocycles. The van der Waals surface area contributed by atoms with Crippen LogP contribution in [0.4, 0.5) is 0 Å². The van der Waals surface area contributed by atoms with Crippen molar-refractivity contribution in [2.24, 2.45) is 5.92 Å². The third-order valence-electron chi connectivity index (χ3n) is 2.89. The third kappa shape index (κ3) is 8.17. The molecule has 0 amide bonds. The van der Waals surface area contributed by atoms with Crippen molar-refractivity contribution in [3.63, 3.8) is 0 Å². The summed E-state index contributed by atoms with van der Waals surface area (Å²) in [6.07, 6.45) is 0.786. The van der Waals surface area contributed by atoms with E-state index in [1.807, 2.05) is 31.2 Å². The minimum Gasteiger partial charge on any atom is -0.396 e. The van der Waals surface area contributed by atoms with Gasteiger partial charge in [-0.1, -0.05) is 29.8 Å². The first-order chi connectivity index (χ1) is 10.1. The highest BCUT2D eigenvalue weighted by molar-refractivity contribution is 7.60. The first-order valence-corrected chi connectivity index (χ1v) is 9.54. The van der Waals surface area contributed by atoms with Gasteiger partial charge in [-0.25, -0.2) is 9.13 Å². The molecule has 0 saturated carbocycles. The van der Waals surface area contributed by atoms with E-state index in [2.05, 4.69) is 8.83 Å². The van der Waals surface area contributed by atoms with Crippen molar-refractivity contribution in [2.75, 3.05) is 13.2 Å². The van der Waals surface area contributed by atoms with Crippen LogP contribution in [0, 0.1) is 12.8 Å². The molecule has 8 nitrogen and oxygen atoms in total. The number of aliphatic hydroxyl groups is 1. The lowest BCUT2D eigenvalue weighted by Crippen LogP contribution is -2.12. The summed E-state index contributed by atoms with van der Waals surface area (Å²) in [4.78, 5) is 26.0. The molecule has 1 rings (SSSR count). The molecule has 0 spiro atoms. The predicted octanol–water partition coefficient (Wildman–Crippen LogP) is 1.76. The molecule has 0 aliphatic carbocycles. The van der Waals surface area contributed by atoms with Crippen LogP contribution >= 0.6 is 15.6 Å². The Morgan fingerprint density at radius 1 is 1.14 bits per heavy atom. The number of hydrogen-bond donors (Lipinski definition) is 4. The largest absolute Gasteiger partial charge is 0.481 e. The smallest absolute Gasteiger partial charge is 0.396 e. The standard InChI is InChI=1S/C12H20O8P2/c1-10-2-4-11(5-3-10)8-12(9-13)6-7-19-22(17,18)20-21(14,15)16/h2-5,12-13H,6-9H2,1H3,(H,17,18)(H2,14,15,16)/t12-/m1/s1. The average Bonchev–Trinajstić information content (AvgIpc) is 2.37. The molecule has 22 heavy (non-hydrogen) atoms. The lowest BCUT2D eigenvalue weighted by Gasteiger charge is -2.16. The van der Waals surface area contributed by atoms with E-state index in [9.17, 15) is 14.2 Å². The highest BCUT2D eigenvalue weighted by Gasteiger charge is 2.32. The van der Waals surface area contributed by atoms with Gasteiger partial charge in [-0.05, 0) is 31.2 Å². The summed E-state index contributed by atoms with van der Waals surface area (Å²) < 4.78 is 29.9. The van der Waals surface area contributed by atoms with Crippen LogP contribution in [-0.2, 0) is 24.4 Å². The van der Waals surface area contributed by atoms with Gasteiger partial charge in [-0.2, -0.15) is 4.31 Å². The summed E-state index contributed by atoms with van der Waals surface area (Å²) in [5.74, 6) is -0.210. The van der Waals surface area contributed by atoms with Gasteiger partial charge in [0.05, 0.1) is 6.61 Å². The molecule has 0 aromatic heterocycles. The van der Waals surface area contributed by atoms with Crippen LogP contribution in [-0.4, -0.2) is 33.0 Å². The number of rotatable bonds is 9. The van der Waals surface area contributed by atoms with Gasteiger partial charge in [0.1, 0.15) is 0 Å². The Hall–Kier alpha value is -0.560. The predicted molar refractivity (Wildman–Crippen MR) is 79.0 cm³/mol. The van der Waals surface area contributed by atoms with E-state index in [1.54, 1.807) is 0 Å². The molecular weight excluding hydrogens is 334 g/mol. The van der Waals surface area contributed by atoms with Gasteiger partial charge in [0.15, 0.2) is 0 Å². The minimum absolute atomic E-state index is 0.147. The summed E-state index contributed by atoms with van der Waals surface area (Å²) in [5.41, 5.74) is 2.12. The lowest BCUT2D eigenvalue weighted by atomic mass is 9.97. The SMILES string of the molecule is Cc1ccc(C[C@H](CO)CCOP(=O)(O)OP(=O)(O)O)cc1. The molecule has 0 radical (unpaired) electrons. The fourth-order valence-corrected chi connectivity index (χ4v) is 3.41. The quantitative estimate of drug-likeness (QED) is 0.493.